The molecule has 1 aromatic carbocycles. The van der Waals surface area contributed by atoms with Gasteiger partial charge >= 0.3 is 0 Å². The minimum absolute atomic E-state index is 0.0152. The van der Waals surface area contributed by atoms with Crippen molar-refractivity contribution in [3.05, 3.63) is 29.8 Å². The topological polar surface area (TPSA) is 58.6 Å². The molecule has 0 aromatic heterocycles. The maximum absolute atomic E-state index is 11.7. The van der Waals surface area contributed by atoms with Gasteiger partial charge in [-0.05, 0) is 37.0 Å². The molecule has 1 saturated heterocycles. The van der Waals surface area contributed by atoms with Crippen molar-refractivity contribution in [3.63, 3.8) is 0 Å². The molecule has 4 nitrogen and oxygen atoms in total. The van der Waals surface area contributed by atoms with E-state index < -0.39 is 0 Å². The molecule has 0 aliphatic carbocycles. The smallest absolute Gasteiger partial charge is 0.224 e. The van der Waals surface area contributed by atoms with Crippen molar-refractivity contribution in [2.75, 3.05) is 13.2 Å². The number of benzene rings is 1. The number of rotatable bonds is 5. The molecular weight excluding hydrogens is 230 g/mol. The summed E-state index contributed by atoms with van der Waals surface area (Å²) >= 11 is 0. The predicted molar refractivity (Wildman–Crippen MR) is 68.4 cm³/mol. The van der Waals surface area contributed by atoms with Crippen molar-refractivity contribution >= 4 is 5.91 Å². The molecule has 18 heavy (non-hydrogen) atoms. The van der Waals surface area contributed by atoms with E-state index in [-0.39, 0.29) is 11.7 Å². The van der Waals surface area contributed by atoms with E-state index in [1.54, 1.807) is 18.2 Å². The van der Waals surface area contributed by atoms with E-state index in [1.165, 1.54) is 0 Å². The Morgan fingerprint density at radius 3 is 3.11 bits per heavy atom. The largest absolute Gasteiger partial charge is 0.508 e. The Labute approximate surface area is 107 Å². The molecule has 0 spiro atoms. The lowest BCUT2D eigenvalue weighted by Crippen LogP contribution is -2.28. The van der Waals surface area contributed by atoms with Gasteiger partial charge in [0.25, 0.3) is 0 Å². The molecule has 1 aromatic rings. The zero-order valence-corrected chi connectivity index (χ0v) is 10.4. The summed E-state index contributed by atoms with van der Waals surface area (Å²) in [6.07, 6.45) is 3.72. The first-order valence-corrected chi connectivity index (χ1v) is 6.40. The number of aromatic hydroxyl groups is 1. The number of phenolic OH excluding ortho intramolecular Hbond substituents is 1. The van der Waals surface area contributed by atoms with Crippen LogP contribution in [-0.2, 0) is 16.0 Å². The van der Waals surface area contributed by atoms with Gasteiger partial charge < -0.3 is 15.2 Å². The third-order valence-electron chi connectivity index (χ3n) is 3.09. The molecule has 1 fully saturated rings. The average molecular weight is 249 g/mol. The van der Waals surface area contributed by atoms with Crippen molar-refractivity contribution in [1.82, 2.24) is 5.32 Å². The van der Waals surface area contributed by atoms with E-state index in [9.17, 15) is 9.90 Å². The molecule has 1 aliphatic heterocycles. The number of ether oxygens (including phenoxy) is 1. The highest BCUT2D eigenvalue weighted by Crippen LogP contribution is 2.14. The summed E-state index contributed by atoms with van der Waals surface area (Å²) in [5.74, 6) is 0.179. The normalized spacial score (nSPS) is 18.8. The molecule has 2 rings (SSSR count). The van der Waals surface area contributed by atoms with Crippen LogP contribution in [0.25, 0.3) is 0 Å². The van der Waals surface area contributed by atoms with Crippen molar-refractivity contribution in [1.29, 1.82) is 0 Å². The van der Waals surface area contributed by atoms with Crippen molar-refractivity contribution in [2.45, 2.75) is 31.8 Å². The van der Waals surface area contributed by atoms with Gasteiger partial charge in [0.2, 0.25) is 5.91 Å². The molecule has 2 N–H and O–H groups in total. The summed E-state index contributed by atoms with van der Waals surface area (Å²) in [6, 6.07) is 6.78. The van der Waals surface area contributed by atoms with E-state index >= 15 is 0 Å². The lowest BCUT2D eigenvalue weighted by Gasteiger charge is -2.10. The molecule has 0 bridgehead atoms. The van der Waals surface area contributed by atoms with Crippen LogP contribution < -0.4 is 5.32 Å². The number of nitrogens with one attached hydrogen (secondary N) is 1. The Balaban J connectivity index is 1.68. The minimum Gasteiger partial charge on any atom is -0.508 e. The second-order valence-corrected chi connectivity index (χ2v) is 4.62. The zero-order valence-electron chi connectivity index (χ0n) is 10.4. The third kappa shape index (κ3) is 4.04. The van der Waals surface area contributed by atoms with Crippen molar-refractivity contribution in [3.8, 4) is 5.75 Å². The molecule has 1 amide bonds. The minimum atomic E-state index is -0.0152. The first-order valence-electron chi connectivity index (χ1n) is 6.40. The number of hydrogen-bond donors (Lipinski definition) is 2. The second kappa shape index (κ2) is 6.40. The summed E-state index contributed by atoms with van der Waals surface area (Å²) in [4.78, 5) is 11.7. The van der Waals surface area contributed by atoms with Crippen molar-refractivity contribution < 1.29 is 14.6 Å². The fourth-order valence-electron chi connectivity index (χ4n) is 2.16. The first kappa shape index (κ1) is 12.9. The molecule has 0 saturated carbocycles. The lowest BCUT2D eigenvalue weighted by atomic mass is 10.1. The maximum Gasteiger partial charge on any atom is 0.224 e. The molecule has 1 heterocycles. The summed E-state index contributed by atoms with van der Waals surface area (Å²) in [7, 11) is 0. The molecule has 1 atom stereocenters. The molecule has 98 valence electrons. The molecular formula is C14H19NO3. The molecule has 1 aliphatic rings. The van der Waals surface area contributed by atoms with E-state index in [0.717, 1.165) is 31.4 Å². The highest BCUT2D eigenvalue weighted by Gasteiger charge is 2.15. The lowest BCUT2D eigenvalue weighted by molar-refractivity contribution is -0.120. The van der Waals surface area contributed by atoms with Crippen LogP contribution in [0, 0.1) is 0 Å². The number of carbonyl (C=O) groups is 1. The maximum atomic E-state index is 11.7. The van der Waals surface area contributed by atoms with Gasteiger partial charge in [-0.25, -0.2) is 0 Å². The van der Waals surface area contributed by atoms with E-state index in [0.29, 0.717) is 19.1 Å². The van der Waals surface area contributed by atoms with Crippen LogP contribution in [0.15, 0.2) is 24.3 Å². The fourth-order valence-corrected chi connectivity index (χ4v) is 2.16. The summed E-state index contributed by atoms with van der Waals surface area (Å²) < 4.78 is 5.48. The number of phenols is 1. The molecule has 1 unspecified atom stereocenters. The SMILES string of the molecule is O=C(Cc1cccc(O)c1)NCCC1CCCO1. The quantitative estimate of drug-likeness (QED) is 0.833. The van der Waals surface area contributed by atoms with Crippen LogP contribution in [0.4, 0.5) is 0 Å². The Morgan fingerprint density at radius 2 is 2.39 bits per heavy atom. The van der Waals surface area contributed by atoms with Gasteiger partial charge in [0, 0.05) is 13.2 Å². The number of hydrogen-bond acceptors (Lipinski definition) is 3. The van der Waals surface area contributed by atoms with Crippen LogP contribution in [0.3, 0.4) is 0 Å². The third-order valence-corrected chi connectivity index (χ3v) is 3.09. The van der Waals surface area contributed by atoms with Gasteiger partial charge in [-0.3, -0.25) is 4.79 Å². The Morgan fingerprint density at radius 1 is 1.50 bits per heavy atom. The molecule has 0 radical (unpaired) electrons. The summed E-state index contributed by atoms with van der Waals surface area (Å²) in [5.41, 5.74) is 0.824. The van der Waals surface area contributed by atoms with Gasteiger partial charge in [-0.15, -0.1) is 0 Å². The Kier molecular flexibility index (Phi) is 4.59. The van der Waals surface area contributed by atoms with Crippen LogP contribution >= 0.6 is 0 Å². The van der Waals surface area contributed by atoms with Gasteiger partial charge in [0.05, 0.1) is 12.5 Å². The van der Waals surface area contributed by atoms with Crippen LogP contribution in [0.2, 0.25) is 0 Å². The zero-order chi connectivity index (χ0) is 12.8. The highest BCUT2D eigenvalue weighted by atomic mass is 16.5. The van der Waals surface area contributed by atoms with Crippen LogP contribution in [0.5, 0.6) is 5.75 Å². The van der Waals surface area contributed by atoms with E-state index in [4.69, 9.17) is 4.74 Å². The number of amides is 1. The van der Waals surface area contributed by atoms with Gasteiger partial charge in [-0.1, -0.05) is 12.1 Å². The van der Waals surface area contributed by atoms with Gasteiger partial charge in [0.1, 0.15) is 5.75 Å². The average Bonchev–Trinajstić information content (AvgIpc) is 2.82. The monoisotopic (exact) mass is 249 g/mol. The molecule has 4 heteroatoms. The fraction of sp³-hybridized carbons (Fsp3) is 0.500. The Bertz CT molecular complexity index is 400. The van der Waals surface area contributed by atoms with Crippen LogP contribution in [-0.4, -0.2) is 30.3 Å². The number of carbonyl (C=O) groups excluding carboxylic acids is 1. The first-order chi connectivity index (χ1) is 8.74. The van der Waals surface area contributed by atoms with E-state index in [2.05, 4.69) is 5.32 Å². The van der Waals surface area contributed by atoms with Crippen LogP contribution in [0.1, 0.15) is 24.8 Å². The second-order valence-electron chi connectivity index (χ2n) is 4.62. The van der Waals surface area contributed by atoms with Gasteiger partial charge in [0.15, 0.2) is 0 Å². The van der Waals surface area contributed by atoms with Gasteiger partial charge in [-0.2, -0.15) is 0 Å². The van der Waals surface area contributed by atoms with E-state index in [1.807, 2.05) is 6.07 Å². The Hall–Kier alpha value is -1.55. The van der Waals surface area contributed by atoms with Crippen molar-refractivity contribution in [2.24, 2.45) is 0 Å². The summed E-state index contributed by atoms with van der Waals surface area (Å²) in [6.45, 7) is 1.50. The predicted octanol–water partition coefficient (Wildman–Crippen LogP) is 1.62. The standard InChI is InChI=1S/C14H19NO3/c16-12-4-1-3-11(9-12)10-14(17)15-7-6-13-5-2-8-18-13/h1,3-4,9,13,16H,2,5-8,10H2,(H,15,17). The highest BCUT2D eigenvalue weighted by molar-refractivity contribution is 5.78. The summed E-state index contributed by atoms with van der Waals surface area (Å²) in [5, 5.41) is 12.2.